The Bertz CT molecular complexity index is 651. The second-order valence-electron chi connectivity index (χ2n) is 3.89. The molecule has 0 saturated heterocycles. The molecule has 0 radical (unpaired) electrons. The SMILES string of the molecule is CC1=CC(=O)N(c2cc(C(=O)O)c(F)cc2F)C1=O. The lowest BCUT2D eigenvalue weighted by atomic mass is 10.1. The van der Waals surface area contributed by atoms with E-state index >= 15 is 0 Å². The Hall–Kier alpha value is -2.57. The zero-order valence-electron chi connectivity index (χ0n) is 9.61. The van der Waals surface area contributed by atoms with Crippen LogP contribution in [0.5, 0.6) is 0 Å². The fourth-order valence-electron chi connectivity index (χ4n) is 1.69. The summed E-state index contributed by atoms with van der Waals surface area (Å²) in [5.41, 5.74) is -1.31. The maximum absolute atomic E-state index is 13.6. The van der Waals surface area contributed by atoms with Crippen molar-refractivity contribution < 1.29 is 28.3 Å². The molecule has 5 nitrogen and oxygen atoms in total. The van der Waals surface area contributed by atoms with E-state index in [1.165, 1.54) is 6.92 Å². The number of carboxylic acid groups (broad SMARTS) is 1. The Morgan fingerprint density at radius 2 is 1.84 bits per heavy atom. The van der Waals surface area contributed by atoms with Crippen molar-refractivity contribution in [1.82, 2.24) is 0 Å². The monoisotopic (exact) mass is 267 g/mol. The van der Waals surface area contributed by atoms with Crippen LogP contribution in [0.3, 0.4) is 0 Å². The lowest BCUT2D eigenvalue weighted by Crippen LogP contribution is -2.31. The molecule has 0 atom stereocenters. The van der Waals surface area contributed by atoms with Gasteiger partial charge in [-0.15, -0.1) is 0 Å². The summed E-state index contributed by atoms with van der Waals surface area (Å²) in [5.74, 6) is -5.66. The molecule has 98 valence electrons. The summed E-state index contributed by atoms with van der Waals surface area (Å²) < 4.78 is 26.8. The second-order valence-corrected chi connectivity index (χ2v) is 3.89. The number of imide groups is 1. The van der Waals surface area contributed by atoms with E-state index in [0.717, 1.165) is 6.08 Å². The predicted octanol–water partition coefficient (Wildman–Crippen LogP) is 1.48. The number of carbonyl (C=O) groups is 3. The van der Waals surface area contributed by atoms with E-state index in [0.29, 0.717) is 17.0 Å². The zero-order chi connectivity index (χ0) is 14.3. The van der Waals surface area contributed by atoms with Gasteiger partial charge in [0.25, 0.3) is 11.8 Å². The molecule has 7 heteroatoms. The van der Waals surface area contributed by atoms with Gasteiger partial charge in [-0.2, -0.15) is 0 Å². The fraction of sp³-hybridized carbons (Fsp3) is 0.0833. The molecule has 1 heterocycles. The highest BCUT2D eigenvalue weighted by molar-refractivity contribution is 6.30. The van der Waals surface area contributed by atoms with Gasteiger partial charge in [0.2, 0.25) is 0 Å². The minimum atomic E-state index is -1.62. The number of rotatable bonds is 2. The molecule has 2 rings (SSSR count). The number of halogens is 2. The Balaban J connectivity index is 2.58. The summed E-state index contributed by atoms with van der Waals surface area (Å²) in [6, 6.07) is 0.947. The lowest BCUT2D eigenvalue weighted by molar-refractivity contribution is -0.120. The average Bonchev–Trinajstić information content (AvgIpc) is 2.54. The summed E-state index contributed by atoms with van der Waals surface area (Å²) in [7, 11) is 0. The highest BCUT2D eigenvalue weighted by atomic mass is 19.1. The van der Waals surface area contributed by atoms with Crippen LogP contribution < -0.4 is 4.90 Å². The molecule has 0 fully saturated rings. The third-order valence-corrected chi connectivity index (χ3v) is 2.61. The molecule has 1 aliphatic heterocycles. The van der Waals surface area contributed by atoms with Crippen molar-refractivity contribution in [2.75, 3.05) is 4.90 Å². The number of benzene rings is 1. The molecule has 0 bridgehead atoms. The molecule has 0 aromatic heterocycles. The third-order valence-electron chi connectivity index (χ3n) is 2.61. The van der Waals surface area contributed by atoms with Crippen LogP contribution in [-0.4, -0.2) is 22.9 Å². The van der Waals surface area contributed by atoms with E-state index < -0.39 is 40.7 Å². The Kier molecular flexibility index (Phi) is 2.89. The summed E-state index contributed by atoms with van der Waals surface area (Å²) in [4.78, 5) is 34.4. The van der Waals surface area contributed by atoms with Crippen molar-refractivity contribution >= 4 is 23.5 Å². The number of hydrogen-bond donors (Lipinski definition) is 1. The number of aromatic carboxylic acids is 1. The standard InChI is InChI=1S/C12H7F2NO4/c1-5-2-10(16)15(11(5)17)9-3-6(12(18)19)7(13)4-8(9)14/h2-4H,1H3,(H,18,19). The topological polar surface area (TPSA) is 74.7 Å². The first-order chi connectivity index (χ1) is 8.82. The molecule has 1 aromatic rings. The Morgan fingerprint density at radius 1 is 1.21 bits per heavy atom. The molecule has 1 N–H and O–H groups in total. The van der Waals surface area contributed by atoms with Gasteiger partial charge in [-0.05, 0) is 13.0 Å². The van der Waals surface area contributed by atoms with Crippen LogP contribution in [0.25, 0.3) is 0 Å². The normalized spacial score (nSPS) is 14.9. The number of carboxylic acids is 1. The van der Waals surface area contributed by atoms with E-state index in [1.807, 2.05) is 0 Å². The maximum atomic E-state index is 13.6. The van der Waals surface area contributed by atoms with E-state index in [1.54, 1.807) is 0 Å². The zero-order valence-corrected chi connectivity index (χ0v) is 9.61. The first-order valence-corrected chi connectivity index (χ1v) is 5.12. The molecule has 19 heavy (non-hydrogen) atoms. The van der Waals surface area contributed by atoms with Gasteiger partial charge in [0, 0.05) is 17.7 Å². The number of nitrogens with zero attached hydrogens (tertiary/aromatic N) is 1. The summed E-state index contributed by atoms with van der Waals surface area (Å²) in [5, 5.41) is 8.74. The molecule has 0 unspecified atom stereocenters. The van der Waals surface area contributed by atoms with Gasteiger partial charge in [-0.1, -0.05) is 0 Å². The first-order valence-electron chi connectivity index (χ1n) is 5.12. The Labute approximate surface area is 105 Å². The molecule has 1 aromatic carbocycles. The highest BCUT2D eigenvalue weighted by Crippen LogP contribution is 2.27. The van der Waals surface area contributed by atoms with E-state index in [9.17, 15) is 23.2 Å². The molecular formula is C12H7F2NO4. The molecule has 0 spiro atoms. The van der Waals surface area contributed by atoms with E-state index in [2.05, 4.69) is 0 Å². The maximum Gasteiger partial charge on any atom is 0.338 e. The number of carbonyl (C=O) groups excluding carboxylic acids is 2. The van der Waals surface area contributed by atoms with Gasteiger partial charge in [0.15, 0.2) is 0 Å². The van der Waals surface area contributed by atoms with E-state index in [4.69, 9.17) is 5.11 Å². The van der Waals surface area contributed by atoms with Crippen LogP contribution in [-0.2, 0) is 9.59 Å². The summed E-state index contributed by atoms with van der Waals surface area (Å²) >= 11 is 0. The van der Waals surface area contributed by atoms with Crippen molar-refractivity contribution in [3.8, 4) is 0 Å². The van der Waals surface area contributed by atoms with Crippen molar-refractivity contribution in [2.45, 2.75) is 6.92 Å². The van der Waals surface area contributed by atoms with Crippen LogP contribution in [0.2, 0.25) is 0 Å². The van der Waals surface area contributed by atoms with Gasteiger partial charge < -0.3 is 5.11 Å². The molecule has 2 amide bonds. The second kappa shape index (κ2) is 4.27. The Morgan fingerprint density at radius 3 is 2.32 bits per heavy atom. The largest absolute Gasteiger partial charge is 0.478 e. The fourth-order valence-corrected chi connectivity index (χ4v) is 1.69. The van der Waals surface area contributed by atoms with Crippen molar-refractivity contribution in [2.24, 2.45) is 0 Å². The molecule has 0 aliphatic carbocycles. The molecule has 0 saturated carbocycles. The number of hydrogen-bond acceptors (Lipinski definition) is 3. The summed E-state index contributed by atoms with van der Waals surface area (Å²) in [6.45, 7) is 1.36. The summed E-state index contributed by atoms with van der Waals surface area (Å²) in [6.07, 6.45) is 0.992. The minimum absolute atomic E-state index is 0.0885. The third kappa shape index (κ3) is 1.99. The predicted molar refractivity (Wildman–Crippen MR) is 59.6 cm³/mol. The van der Waals surface area contributed by atoms with Crippen LogP contribution in [0.4, 0.5) is 14.5 Å². The average molecular weight is 267 g/mol. The number of anilines is 1. The van der Waals surface area contributed by atoms with Gasteiger partial charge in [-0.3, -0.25) is 9.59 Å². The van der Waals surface area contributed by atoms with Crippen LogP contribution in [0.15, 0.2) is 23.8 Å². The van der Waals surface area contributed by atoms with Gasteiger partial charge >= 0.3 is 5.97 Å². The van der Waals surface area contributed by atoms with Crippen molar-refractivity contribution in [1.29, 1.82) is 0 Å². The first kappa shape index (κ1) is 12.9. The van der Waals surface area contributed by atoms with Gasteiger partial charge in [0.05, 0.1) is 11.3 Å². The molecule has 1 aliphatic rings. The van der Waals surface area contributed by atoms with Crippen LogP contribution in [0.1, 0.15) is 17.3 Å². The smallest absolute Gasteiger partial charge is 0.338 e. The van der Waals surface area contributed by atoms with Gasteiger partial charge in [0.1, 0.15) is 11.6 Å². The quantitative estimate of drug-likeness (QED) is 0.823. The van der Waals surface area contributed by atoms with Crippen molar-refractivity contribution in [3.05, 3.63) is 41.0 Å². The van der Waals surface area contributed by atoms with Crippen LogP contribution >= 0.6 is 0 Å². The van der Waals surface area contributed by atoms with E-state index in [-0.39, 0.29) is 5.57 Å². The van der Waals surface area contributed by atoms with Crippen molar-refractivity contribution in [3.63, 3.8) is 0 Å². The molecular weight excluding hydrogens is 260 g/mol. The number of amides is 2. The van der Waals surface area contributed by atoms with Crippen LogP contribution in [0, 0.1) is 11.6 Å². The highest BCUT2D eigenvalue weighted by Gasteiger charge is 2.33. The minimum Gasteiger partial charge on any atom is -0.478 e. The van der Waals surface area contributed by atoms with Gasteiger partial charge in [-0.25, -0.2) is 18.5 Å². The lowest BCUT2D eigenvalue weighted by Gasteiger charge is -2.16.